The van der Waals surface area contributed by atoms with Gasteiger partial charge in [-0.2, -0.15) is 5.10 Å². The molecule has 0 radical (unpaired) electrons. The molecule has 22 heavy (non-hydrogen) atoms. The molecule has 1 aliphatic rings. The van der Waals surface area contributed by atoms with Crippen LogP contribution in [0.25, 0.3) is 11.1 Å². The zero-order valence-electron chi connectivity index (χ0n) is 12.6. The van der Waals surface area contributed by atoms with Crippen molar-refractivity contribution in [1.82, 2.24) is 14.7 Å². The lowest BCUT2D eigenvalue weighted by molar-refractivity contribution is -0.135. The first-order valence-corrected chi connectivity index (χ1v) is 7.76. The van der Waals surface area contributed by atoms with Crippen molar-refractivity contribution in [2.75, 3.05) is 26.3 Å². The maximum atomic E-state index is 12.1. The fraction of sp³-hybridized carbons (Fsp3) is 0.412. The lowest BCUT2D eigenvalue weighted by atomic mass is 10.1. The molecule has 0 N–H and O–H groups in total. The van der Waals surface area contributed by atoms with Crippen LogP contribution in [0.3, 0.4) is 0 Å². The van der Waals surface area contributed by atoms with Gasteiger partial charge in [0.05, 0.1) is 19.4 Å². The van der Waals surface area contributed by atoms with E-state index in [1.165, 1.54) is 0 Å². The number of morpholine rings is 1. The molecule has 0 spiro atoms. The van der Waals surface area contributed by atoms with Crippen molar-refractivity contribution < 1.29 is 9.53 Å². The average Bonchev–Trinajstić information content (AvgIpc) is 3.05. The third-order valence-electron chi connectivity index (χ3n) is 3.88. The zero-order chi connectivity index (χ0) is 15.2. The lowest BCUT2D eigenvalue weighted by Crippen LogP contribution is -2.40. The average molecular weight is 299 g/mol. The van der Waals surface area contributed by atoms with Gasteiger partial charge in [0.25, 0.3) is 0 Å². The maximum Gasteiger partial charge on any atom is 0.222 e. The number of aryl methyl sites for hydroxylation is 1. The minimum atomic E-state index is 0.221. The highest BCUT2D eigenvalue weighted by Crippen LogP contribution is 2.17. The van der Waals surface area contributed by atoms with Crippen molar-refractivity contribution in [2.45, 2.75) is 19.4 Å². The molecule has 2 aromatic rings. The van der Waals surface area contributed by atoms with E-state index in [0.29, 0.717) is 19.6 Å². The van der Waals surface area contributed by atoms with Crippen LogP contribution in [0.4, 0.5) is 0 Å². The van der Waals surface area contributed by atoms with E-state index in [2.05, 4.69) is 17.2 Å². The molecule has 1 fully saturated rings. The Balaban J connectivity index is 1.48. The fourth-order valence-electron chi connectivity index (χ4n) is 2.63. The molecule has 0 atom stereocenters. The molecule has 116 valence electrons. The largest absolute Gasteiger partial charge is 0.378 e. The van der Waals surface area contributed by atoms with Gasteiger partial charge in [-0.05, 0) is 12.0 Å². The van der Waals surface area contributed by atoms with Crippen LogP contribution in [-0.4, -0.2) is 46.9 Å². The number of ether oxygens (including phenoxy) is 1. The van der Waals surface area contributed by atoms with Gasteiger partial charge in [0.2, 0.25) is 5.91 Å². The Morgan fingerprint density at radius 1 is 1.14 bits per heavy atom. The summed E-state index contributed by atoms with van der Waals surface area (Å²) in [5.41, 5.74) is 2.28. The molecule has 0 saturated carbocycles. The second-order valence-corrected chi connectivity index (χ2v) is 5.45. The van der Waals surface area contributed by atoms with E-state index >= 15 is 0 Å². The number of hydrogen-bond acceptors (Lipinski definition) is 3. The number of carbonyl (C=O) groups excluding carboxylic acids is 1. The molecule has 2 heterocycles. The molecule has 1 amide bonds. The van der Waals surface area contributed by atoms with Crippen LogP contribution in [0.1, 0.15) is 12.8 Å². The van der Waals surface area contributed by atoms with Crippen LogP contribution in [-0.2, 0) is 16.1 Å². The van der Waals surface area contributed by atoms with E-state index in [9.17, 15) is 4.79 Å². The van der Waals surface area contributed by atoms with Gasteiger partial charge in [-0.3, -0.25) is 9.48 Å². The molecule has 1 saturated heterocycles. The predicted molar refractivity (Wildman–Crippen MR) is 84.3 cm³/mol. The van der Waals surface area contributed by atoms with Gasteiger partial charge in [0, 0.05) is 37.8 Å². The minimum Gasteiger partial charge on any atom is -0.378 e. The molecular weight excluding hydrogens is 278 g/mol. The van der Waals surface area contributed by atoms with Crippen LogP contribution in [0, 0.1) is 0 Å². The van der Waals surface area contributed by atoms with Crippen LogP contribution >= 0.6 is 0 Å². The van der Waals surface area contributed by atoms with E-state index in [-0.39, 0.29) is 5.91 Å². The van der Waals surface area contributed by atoms with Gasteiger partial charge in [-0.1, -0.05) is 30.3 Å². The molecule has 3 rings (SSSR count). The summed E-state index contributed by atoms with van der Waals surface area (Å²) in [4.78, 5) is 13.9. The highest BCUT2D eigenvalue weighted by molar-refractivity contribution is 5.76. The summed E-state index contributed by atoms with van der Waals surface area (Å²) in [5.74, 6) is 0.221. The van der Waals surface area contributed by atoms with Crippen LogP contribution in [0.15, 0.2) is 42.7 Å². The summed E-state index contributed by atoms with van der Waals surface area (Å²) in [7, 11) is 0. The second kappa shape index (κ2) is 7.22. The number of hydrogen-bond donors (Lipinski definition) is 0. The van der Waals surface area contributed by atoms with Gasteiger partial charge >= 0.3 is 0 Å². The summed E-state index contributed by atoms with van der Waals surface area (Å²) in [6, 6.07) is 10.2. The van der Waals surface area contributed by atoms with Gasteiger partial charge in [0.1, 0.15) is 0 Å². The van der Waals surface area contributed by atoms with Gasteiger partial charge < -0.3 is 9.64 Å². The van der Waals surface area contributed by atoms with Gasteiger partial charge in [0.15, 0.2) is 0 Å². The SMILES string of the molecule is O=C(CCCn1cc(-c2ccccc2)cn1)N1CCOCC1. The first-order chi connectivity index (χ1) is 10.8. The quantitative estimate of drug-likeness (QED) is 0.850. The monoisotopic (exact) mass is 299 g/mol. The van der Waals surface area contributed by atoms with Crippen molar-refractivity contribution in [2.24, 2.45) is 0 Å². The molecule has 1 aromatic heterocycles. The van der Waals surface area contributed by atoms with Crippen molar-refractivity contribution in [1.29, 1.82) is 0 Å². The zero-order valence-corrected chi connectivity index (χ0v) is 12.6. The Bertz CT molecular complexity index is 603. The van der Waals surface area contributed by atoms with Crippen LogP contribution in [0.5, 0.6) is 0 Å². The van der Waals surface area contributed by atoms with Crippen molar-refractivity contribution >= 4 is 5.91 Å². The Kier molecular flexibility index (Phi) is 4.85. The standard InChI is InChI=1S/C17H21N3O2/c21-17(19-9-11-22-12-10-19)7-4-8-20-14-16(13-18-20)15-5-2-1-3-6-15/h1-3,5-6,13-14H,4,7-12H2. The number of amides is 1. The normalized spacial score (nSPS) is 15.0. The van der Waals surface area contributed by atoms with Crippen LogP contribution < -0.4 is 0 Å². The molecule has 0 bridgehead atoms. The number of rotatable bonds is 5. The fourth-order valence-corrected chi connectivity index (χ4v) is 2.63. The van der Waals surface area contributed by atoms with Gasteiger partial charge in [-0.25, -0.2) is 0 Å². The number of nitrogens with zero attached hydrogens (tertiary/aromatic N) is 3. The molecule has 1 aromatic carbocycles. The molecular formula is C17H21N3O2. The number of carbonyl (C=O) groups is 1. The second-order valence-electron chi connectivity index (χ2n) is 5.45. The number of aromatic nitrogens is 2. The molecule has 0 aliphatic carbocycles. The van der Waals surface area contributed by atoms with E-state index in [1.54, 1.807) is 0 Å². The minimum absolute atomic E-state index is 0.221. The maximum absolute atomic E-state index is 12.1. The summed E-state index contributed by atoms with van der Waals surface area (Å²) in [5, 5.41) is 4.37. The molecule has 1 aliphatic heterocycles. The highest BCUT2D eigenvalue weighted by Gasteiger charge is 2.16. The van der Waals surface area contributed by atoms with Crippen molar-refractivity contribution in [3.8, 4) is 11.1 Å². The lowest BCUT2D eigenvalue weighted by Gasteiger charge is -2.26. The van der Waals surface area contributed by atoms with Crippen LogP contribution in [0.2, 0.25) is 0 Å². The topological polar surface area (TPSA) is 47.4 Å². The van der Waals surface area contributed by atoms with Gasteiger partial charge in [-0.15, -0.1) is 0 Å². The Hall–Kier alpha value is -2.14. The Labute approximate surface area is 130 Å². The van der Waals surface area contributed by atoms with E-state index in [0.717, 1.165) is 37.2 Å². The highest BCUT2D eigenvalue weighted by atomic mass is 16.5. The van der Waals surface area contributed by atoms with E-state index < -0.39 is 0 Å². The number of benzene rings is 1. The molecule has 0 unspecified atom stereocenters. The van der Waals surface area contributed by atoms with Crippen molar-refractivity contribution in [3.63, 3.8) is 0 Å². The summed E-state index contributed by atoms with van der Waals surface area (Å²) < 4.78 is 7.17. The molecule has 5 nitrogen and oxygen atoms in total. The third kappa shape index (κ3) is 3.74. The van der Waals surface area contributed by atoms with E-state index in [4.69, 9.17) is 4.74 Å². The summed E-state index contributed by atoms with van der Waals surface area (Å²) >= 11 is 0. The summed E-state index contributed by atoms with van der Waals surface area (Å²) in [6.45, 7) is 3.52. The Morgan fingerprint density at radius 3 is 2.68 bits per heavy atom. The predicted octanol–water partition coefficient (Wildman–Crippen LogP) is 2.19. The van der Waals surface area contributed by atoms with Crippen molar-refractivity contribution in [3.05, 3.63) is 42.7 Å². The summed E-state index contributed by atoms with van der Waals surface area (Å²) in [6.07, 6.45) is 5.29. The first-order valence-electron chi connectivity index (χ1n) is 7.76. The first kappa shape index (κ1) is 14.8. The van der Waals surface area contributed by atoms with E-state index in [1.807, 2.05) is 40.2 Å². The third-order valence-corrected chi connectivity index (χ3v) is 3.88. The molecule has 5 heteroatoms. The Morgan fingerprint density at radius 2 is 1.91 bits per heavy atom. The smallest absolute Gasteiger partial charge is 0.222 e.